The predicted octanol–water partition coefficient (Wildman–Crippen LogP) is 2.98. The van der Waals surface area contributed by atoms with E-state index in [9.17, 15) is 0 Å². The molecule has 0 amide bonds. The Hall–Kier alpha value is -0.580. The second-order valence-electron chi connectivity index (χ2n) is 5.40. The zero-order valence-corrected chi connectivity index (χ0v) is 13.6. The molecule has 3 nitrogen and oxygen atoms in total. The van der Waals surface area contributed by atoms with E-state index in [4.69, 9.17) is 4.74 Å². The van der Waals surface area contributed by atoms with Crippen LogP contribution in [0, 0.1) is 0 Å². The van der Waals surface area contributed by atoms with Crippen LogP contribution in [-0.2, 0) is 6.54 Å². The van der Waals surface area contributed by atoms with Gasteiger partial charge in [-0.3, -0.25) is 4.90 Å². The van der Waals surface area contributed by atoms with Crippen molar-refractivity contribution >= 4 is 15.9 Å². The molecular weight excluding hydrogens is 304 g/mol. The molecule has 19 heavy (non-hydrogen) atoms. The monoisotopic (exact) mass is 326 g/mol. The summed E-state index contributed by atoms with van der Waals surface area (Å²) in [6.07, 6.45) is 1.25. The van der Waals surface area contributed by atoms with Crippen LogP contribution in [0.15, 0.2) is 22.7 Å². The Labute approximate surface area is 124 Å². The molecule has 4 heteroatoms. The van der Waals surface area contributed by atoms with Crippen molar-refractivity contribution in [1.82, 2.24) is 9.80 Å². The Kier molecular flexibility index (Phi) is 5.25. The average Bonchev–Trinajstić information content (AvgIpc) is 2.52. The highest BCUT2D eigenvalue weighted by Crippen LogP contribution is 2.26. The Bertz CT molecular complexity index is 425. The lowest BCUT2D eigenvalue weighted by atomic mass is 10.1. The van der Waals surface area contributed by atoms with Crippen LogP contribution in [0.2, 0.25) is 0 Å². The van der Waals surface area contributed by atoms with E-state index in [2.05, 4.69) is 51.8 Å². The van der Waals surface area contributed by atoms with E-state index in [-0.39, 0.29) is 0 Å². The summed E-state index contributed by atoms with van der Waals surface area (Å²) < 4.78 is 6.31. The summed E-state index contributed by atoms with van der Waals surface area (Å²) in [5.74, 6) is 0.896. The van der Waals surface area contributed by atoms with Gasteiger partial charge in [-0.05, 0) is 60.6 Å². The Morgan fingerprint density at radius 1 is 1.37 bits per heavy atom. The van der Waals surface area contributed by atoms with Crippen LogP contribution < -0.4 is 4.74 Å². The third kappa shape index (κ3) is 3.94. The number of hydrogen-bond donors (Lipinski definition) is 0. The van der Waals surface area contributed by atoms with E-state index in [1.165, 1.54) is 25.1 Å². The van der Waals surface area contributed by atoms with Crippen LogP contribution in [-0.4, -0.2) is 49.6 Å². The van der Waals surface area contributed by atoms with Crippen LogP contribution >= 0.6 is 15.9 Å². The first kappa shape index (κ1) is 14.8. The van der Waals surface area contributed by atoms with Crippen LogP contribution in [0.4, 0.5) is 0 Å². The fourth-order valence-electron chi connectivity index (χ4n) is 2.70. The number of rotatable bonds is 3. The van der Waals surface area contributed by atoms with Gasteiger partial charge in [-0.2, -0.15) is 0 Å². The minimum atomic E-state index is 0.605. The van der Waals surface area contributed by atoms with Crippen molar-refractivity contribution in [3.63, 3.8) is 0 Å². The number of ether oxygens (including phenoxy) is 1. The topological polar surface area (TPSA) is 15.7 Å². The van der Waals surface area contributed by atoms with Crippen LogP contribution in [0.3, 0.4) is 0 Å². The number of methoxy groups -OCH3 is 1. The first-order chi connectivity index (χ1) is 9.10. The molecule has 1 unspecified atom stereocenters. The van der Waals surface area contributed by atoms with Gasteiger partial charge in [0, 0.05) is 25.7 Å². The maximum Gasteiger partial charge on any atom is 0.133 e. The molecule has 106 valence electrons. The van der Waals surface area contributed by atoms with Crippen molar-refractivity contribution in [2.45, 2.75) is 25.9 Å². The molecule has 0 saturated carbocycles. The van der Waals surface area contributed by atoms with Gasteiger partial charge in [0.1, 0.15) is 5.75 Å². The van der Waals surface area contributed by atoms with Crippen LogP contribution in [0.5, 0.6) is 5.75 Å². The second kappa shape index (κ2) is 6.73. The van der Waals surface area contributed by atoms with Crippen molar-refractivity contribution in [3.05, 3.63) is 28.2 Å². The number of likely N-dealkylation sites (N-methyl/N-ethyl adjacent to an activating group) is 1. The van der Waals surface area contributed by atoms with Crippen LogP contribution in [0.25, 0.3) is 0 Å². The van der Waals surface area contributed by atoms with Crippen molar-refractivity contribution in [2.24, 2.45) is 0 Å². The molecule has 1 saturated heterocycles. The zero-order valence-electron chi connectivity index (χ0n) is 12.0. The standard InChI is InChI=1S/C15H23BrN2O/c1-12-10-17(2)7-4-8-18(12)11-13-5-6-15(19-3)14(16)9-13/h5-6,9,12H,4,7-8,10-11H2,1-3H3. The molecule has 0 spiro atoms. The Morgan fingerprint density at radius 3 is 2.84 bits per heavy atom. The zero-order chi connectivity index (χ0) is 13.8. The molecule has 0 aliphatic carbocycles. The number of halogens is 1. The minimum Gasteiger partial charge on any atom is -0.496 e. The van der Waals surface area contributed by atoms with Gasteiger partial charge < -0.3 is 9.64 Å². The molecule has 1 fully saturated rings. The third-order valence-corrected chi connectivity index (χ3v) is 4.41. The lowest BCUT2D eigenvalue weighted by Crippen LogP contribution is -2.37. The average molecular weight is 327 g/mol. The highest BCUT2D eigenvalue weighted by molar-refractivity contribution is 9.10. The highest BCUT2D eigenvalue weighted by atomic mass is 79.9. The summed E-state index contributed by atoms with van der Waals surface area (Å²) in [7, 11) is 3.91. The third-order valence-electron chi connectivity index (χ3n) is 3.79. The molecule has 1 aromatic carbocycles. The van der Waals surface area contributed by atoms with Crippen molar-refractivity contribution in [1.29, 1.82) is 0 Å². The normalized spacial score (nSPS) is 22.2. The number of hydrogen-bond acceptors (Lipinski definition) is 3. The van der Waals surface area contributed by atoms with E-state index >= 15 is 0 Å². The Morgan fingerprint density at radius 2 is 2.16 bits per heavy atom. The fraction of sp³-hybridized carbons (Fsp3) is 0.600. The van der Waals surface area contributed by atoms with E-state index < -0.39 is 0 Å². The summed E-state index contributed by atoms with van der Waals surface area (Å²) in [5.41, 5.74) is 1.34. The Balaban J connectivity index is 2.05. The molecule has 1 aliphatic rings. The van der Waals surface area contributed by atoms with E-state index in [0.29, 0.717) is 6.04 Å². The van der Waals surface area contributed by atoms with Gasteiger partial charge >= 0.3 is 0 Å². The molecule has 1 heterocycles. The molecule has 0 N–H and O–H groups in total. The maximum atomic E-state index is 5.28. The van der Waals surface area contributed by atoms with Gasteiger partial charge in [-0.25, -0.2) is 0 Å². The van der Waals surface area contributed by atoms with Crippen molar-refractivity contribution < 1.29 is 4.74 Å². The number of benzene rings is 1. The van der Waals surface area contributed by atoms with Gasteiger partial charge in [0.2, 0.25) is 0 Å². The van der Waals surface area contributed by atoms with Crippen LogP contribution in [0.1, 0.15) is 18.9 Å². The lowest BCUT2D eigenvalue weighted by molar-refractivity contribution is 0.194. The highest BCUT2D eigenvalue weighted by Gasteiger charge is 2.19. The van der Waals surface area contributed by atoms with Gasteiger partial charge in [0.15, 0.2) is 0 Å². The fourth-order valence-corrected chi connectivity index (χ4v) is 3.29. The molecule has 0 aromatic heterocycles. The summed E-state index contributed by atoms with van der Waals surface area (Å²) in [4.78, 5) is 4.99. The first-order valence-electron chi connectivity index (χ1n) is 6.85. The molecule has 0 bridgehead atoms. The van der Waals surface area contributed by atoms with E-state index in [1.807, 2.05) is 6.07 Å². The van der Waals surface area contributed by atoms with Gasteiger partial charge in [0.25, 0.3) is 0 Å². The van der Waals surface area contributed by atoms with E-state index in [0.717, 1.165) is 23.3 Å². The number of nitrogens with zero attached hydrogens (tertiary/aromatic N) is 2. The molecule has 0 radical (unpaired) electrons. The maximum absolute atomic E-state index is 5.28. The SMILES string of the molecule is COc1ccc(CN2CCCN(C)CC2C)cc1Br. The largest absolute Gasteiger partial charge is 0.496 e. The minimum absolute atomic E-state index is 0.605. The molecular formula is C15H23BrN2O. The summed E-state index contributed by atoms with van der Waals surface area (Å²) >= 11 is 3.56. The van der Waals surface area contributed by atoms with Gasteiger partial charge in [-0.1, -0.05) is 6.07 Å². The van der Waals surface area contributed by atoms with Crippen molar-refractivity contribution in [2.75, 3.05) is 33.8 Å². The van der Waals surface area contributed by atoms with Crippen molar-refractivity contribution in [3.8, 4) is 5.75 Å². The quantitative estimate of drug-likeness (QED) is 0.849. The smallest absolute Gasteiger partial charge is 0.133 e. The lowest BCUT2D eigenvalue weighted by Gasteiger charge is -2.28. The molecule has 1 aromatic rings. The van der Waals surface area contributed by atoms with Gasteiger partial charge in [-0.15, -0.1) is 0 Å². The summed E-state index contributed by atoms with van der Waals surface area (Å²) in [5, 5.41) is 0. The summed E-state index contributed by atoms with van der Waals surface area (Å²) in [6.45, 7) is 6.86. The molecule has 1 atom stereocenters. The predicted molar refractivity (Wildman–Crippen MR) is 82.7 cm³/mol. The second-order valence-corrected chi connectivity index (χ2v) is 6.26. The van der Waals surface area contributed by atoms with E-state index in [1.54, 1.807) is 7.11 Å². The summed E-state index contributed by atoms with van der Waals surface area (Å²) in [6, 6.07) is 6.97. The molecule has 2 rings (SSSR count). The first-order valence-corrected chi connectivity index (χ1v) is 7.64. The van der Waals surface area contributed by atoms with Gasteiger partial charge in [0.05, 0.1) is 11.6 Å². The molecule has 1 aliphatic heterocycles.